The highest BCUT2D eigenvalue weighted by molar-refractivity contribution is 7.45. The third-order valence-electron chi connectivity index (χ3n) is 10.0. The van der Waals surface area contributed by atoms with Crippen molar-refractivity contribution in [3.8, 4) is 0 Å². The standard InChI is InChI=1S/C50H82NO10P/c1-8-10-11-12-13-14-15-16-17-18-21-24-28-34-45(52)35-29-27-32-37-49(53)57-41-46(42-59-62(55,56)58-40-39-51(5,6)7)60-50(54)38-31-26-23-20-19-22-25-30-36-48-44(4)43(3)47(61-48)33-9-2/h10-11,13-14,16-17,21,24,27-29,34,45-46,52H,8-9,12,15,18-20,22-23,25-26,30-33,35-42H2,1-7H3/b11-10-,14-13-,17-16-,24-21-,29-27-,34-28-/t45?,46-/m1/s1. The minimum atomic E-state index is -4.69. The number of carbonyl (C=O) groups is 2. The molecule has 0 aliphatic rings. The maximum Gasteiger partial charge on any atom is 0.306 e. The van der Waals surface area contributed by atoms with Gasteiger partial charge in [-0.3, -0.25) is 14.2 Å². The van der Waals surface area contributed by atoms with Gasteiger partial charge in [-0.1, -0.05) is 125 Å². The highest BCUT2D eigenvalue weighted by Crippen LogP contribution is 2.38. The summed E-state index contributed by atoms with van der Waals surface area (Å²) in [4.78, 5) is 37.7. The molecule has 0 saturated carbocycles. The zero-order valence-electron chi connectivity index (χ0n) is 39.4. The molecule has 0 aromatic carbocycles. The van der Waals surface area contributed by atoms with E-state index in [1.54, 1.807) is 18.2 Å². The van der Waals surface area contributed by atoms with Gasteiger partial charge in [0.05, 0.1) is 33.9 Å². The molecular weight excluding hydrogens is 806 g/mol. The van der Waals surface area contributed by atoms with Gasteiger partial charge >= 0.3 is 11.9 Å². The Hall–Kier alpha value is -3.31. The number of aryl methyl sites for hydroxylation is 2. The summed E-state index contributed by atoms with van der Waals surface area (Å²) < 4.78 is 39.9. The summed E-state index contributed by atoms with van der Waals surface area (Å²) >= 11 is 0. The van der Waals surface area contributed by atoms with E-state index in [1.807, 2.05) is 39.4 Å². The van der Waals surface area contributed by atoms with Gasteiger partial charge in [0.2, 0.25) is 0 Å². The number of unbranched alkanes of at least 4 members (excludes halogenated alkanes) is 7. The number of nitrogens with zero attached hydrogens (tertiary/aromatic N) is 1. The summed E-state index contributed by atoms with van der Waals surface area (Å²) in [6, 6.07) is 0. The quantitative estimate of drug-likeness (QED) is 0.0171. The molecule has 3 atom stereocenters. The number of esters is 2. The fourth-order valence-electron chi connectivity index (χ4n) is 6.16. The van der Waals surface area contributed by atoms with Crippen molar-refractivity contribution in [2.45, 2.75) is 162 Å². The number of ether oxygens (including phenoxy) is 2. The van der Waals surface area contributed by atoms with E-state index in [-0.39, 0.29) is 26.1 Å². The molecule has 1 aromatic heterocycles. The average molecular weight is 888 g/mol. The van der Waals surface area contributed by atoms with Crippen molar-refractivity contribution < 1.29 is 51.6 Å². The number of carbonyl (C=O) groups excluding carboxylic acids is 2. The number of hydrogen-bond donors (Lipinski definition) is 1. The Kier molecular flexibility index (Phi) is 32.1. The average Bonchev–Trinajstić information content (AvgIpc) is 3.48. The van der Waals surface area contributed by atoms with Gasteiger partial charge in [-0.15, -0.1) is 0 Å². The normalized spacial score (nSPS) is 14.7. The molecule has 0 spiro atoms. The van der Waals surface area contributed by atoms with E-state index in [9.17, 15) is 24.2 Å². The minimum absolute atomic E-state index is 0.0589. The van der Waals surface area contributed by atoms with E-state index in [1.165, 1.54) is 11.1 Å². The number of quaternary nitrogens is 1. The zero-order chi connectivity index (χ0) is 45.9. The predicted molar refractivity (Wildman–Crippen MR) is 250 cm³/mol. The van der Waals surface area contributed by atoms with E-state index < -0.39 is 38.6 Å². The molecule has 12 heteroatoms. The van der Waals surface area contributed by atoms with Gasteiger partial charge in [0.1, 0.15) is 31.3 Å². The molecule has 0 radical (unpaired) electrons. The number of furan rings is 1. The predicted octanol–water partition coefficient (Wildman–Crippen LogP) is 11.0. The van der Waals surface area contributed by atoms with Crippen LogP contribution in [0, 0.1) is 13.8 Å². The van der Waals surface area contributed by atoms with Crippen LogP contribution >= 0.6 is 7.82 Å². The van der Waals surface area contributed by atoms with E-state index in [4.69, 9.17) is 22.9 Å². The Bertz CT molecular complexity index is 1580. The first-order chi connectivity index (χ1) is 29.7. The van der Waals surface area contributed by atoms with Gasteiger partial charge in [-0.05, 0) is 82.8 Å². The lowest BCUT2D eigenvalue weighted by molar-refractivity contribution is -0.870. The van der Waals surface area contributed by atoms with E-state index in [0.717, 1.165) is 101 Å². The fraction of sp³-hybridized carbons (Fsp3) is 0.640. The van der Waals surface area contributed by atoms with Gasteiger partial charge in [0.15, 0.2) is 6.10 Å². The highest BCUT2D eigenvalue weighted by Gasteiger charge is 2.22. The van der Waals surface area contributed by atoms with Crippen LogP contribution in [-0.4, -0.2) is 81.2 Å². The smallest absolute Gasteiger partial charge is 0.306 e. The third kappa shape index (κ3) is 31.5. The lowest BCUT2D eigenvalue weighted by Crippen LogP contribution is -2.37. The maximum atomic E-state index is 12.7. The van der Waals surface area contributed by atoms with Crippen LogP contribution in [0.4, 0.5) is 0 Å². The second kappa shape index (κ2) is 35.1. The summed E-state index contributed by atoms with van der Waals surface area (Å²) in [6.07, 6.45) is 38.2. The van der Waals surface area contributed by atoms with Crippen molar-refractivity contribution in [2.75, 3.05) is 47.5 Å². The van der Waals surface area contributed by atoms with Crippen molar-refractivity contribution in [3.63, 3.8) is 0 Å². The molecule has 0 bridgehead atoms. The second-order valence-corrected chi connectivity index (χ2v) is 18.2. The van der Waals surface area contributed by atoms with Crippen LogP contribution in [0.5, 0.6) is 0 Å². The molecule has 1 aromatic rings. The van der Waals surface area contributed by atoms with Crippen LogP contribution in [0.25, 0.3) is 0 Å². The molecule has 1 N–H and O–H groups in total. The Morgan fingerprint density at radius 1 is 0.726 bits per heavy atom. The molecule has 0 fully saturated rings. The second-order valence-electron chi connectivity index (χ2n) is 16.8. The summed E-state index contributed by atoms with van der Waals surface area (Å²) in [5.41, 5.74) is 2.60. The topological polar surface area (TPSA) is 145 Å². The molecule has 0 amide bonds. The zero-order valence-corrected chi connectivity index (χ0v) is 40.3. The van der Waals surface area contributed by atoms with Crippen LogP contribution < -0.4 is 4.89 Å². The lowest BCUT2D eigenvalue weighted by atomic mass is 10.0. The summed E-state index contributed by atoms with van der Waals surface area (Å²) in [7, 11) is 1.04. The number of phosphoric acid groups is 1. The third-order valence-corrected chi connectivity index (χ3v) is 11.0. The molecule has 1 heterocycles. The Morgan fingerprint density at radius 2 is 1.32 bits per heavy atom. The highest BCUT2D eigenvalue weighted by atomic mass is 31.2. The largest absolute Gasteiger partial charge is 0.756 e. The van der Waals surface area contributed by atoms with Crippen LogP contribution in [0.15, 0.2) is 77.3 Å². The lowest BCUT2D eigenvalue weighted by Gasteiger charge is -2.28. The van der Waals surface area contributed by atoms with Crippen LogP contribution in [-0.2, 0) is 45.5 Å². The molecule has 2 unspecified atom stereocenters. The number of aliphatic hydroxyl groups is 1. The SMILES string of the molecule is CC/C=C\C/C=C\C/C=C\C/C=C\C=C/C(O)C/C=C\CCC(=O)OC[C@H](COP(=O)([O-])OCC[N+](C)(C)C)OC(=O)CCCCCCCCCCc1oc(CCC)c(C)c1C. The summed E-state index contributed by atoms with van der Waals surface area (Å²) in [5.74, 6) is 1.22. The number of rotatable bonds is 37. The molecular formula is C50H82NO10P. The van der Waals surface area contributed by atoms with Crippen molar-refractivity contribution in [3.05, 3.63) is 95.6 Å². The van der Waals surface area contributed by atoms with Gasteiger partial charge in [0.25, 0.3) is 7.82 Å². The number of hydrogen-bond acceptors (Lipinski definition) is 10. The van der Waals surface area contributed by atoms with Crippen LogP contribution in [0.3, 0.4) is 0 Å². The first-order valence-corrected chi connectivity index (χ1v) is 24.6. The Morgan fingerprint density at radius 3 is 1.95 bits per heavy atom. The molecule has 0 aliphatic carbocycles. The fourth-order valence-corrected chi connectivity index (χ4v) is 6.89. The first-order valence-electron chi connectivity index (χ1n) is 23.1. The van der Waals surface area contributed by atoms with Crippen LogP contribution in [0.2, 0.25) is 0 Å². The molecule has 1 rings (SSSR count). The maximum absolute atomic E-state index is 12.7. The minimum Gasteiger partial charge on any atom is -0.756 e. The molecule has 0 saturated heterocycles. The number of phosphoric ester groups is 1. The van der Waals surface area contributed by atoms with E-state index >= 15 is 0 Å². The Balaban J connectivity index is 2.42. The number of allylic oxidation sites excluding steroid dienone is 10. The summed E-state index contributed by atoms with van der Waals surface area (Å²) in [6.45, 7) is 8.09. The van der Waals surface area contributed by atoms with Crippen molar-refractivity contribution in [1.82, 2.24) is 0 Å². The molecule has 0 aliphatic heterocycles. The number of likely N-dealkylation sites (N-methyl/N-ethyl adjacent to an activating group) is 1. The van der Waals surface area contributed by atoms with Gasteiger partial charge in [-0.25, -0.2) is 0 Å². The number of aliphatic hydroxyl groups excluding tert-OH is 1. The van der Waals surface area contributed by atoms with Crippen LogP contribution in [0.1, 0.15) is 146 Å². The monoisotopic (exact) mass is 888 g/mol. The molecule has 62 heavy (non-hydrogen) atoms. The van der Waals surface area contributed by atoms with E-state index in [0.29, 0.717) is 30.3 Å². The van der Waals surface area contributed by atoms with Gasteiger partial charge < -0.3 is 37.4 Å². The van der Waals surface area contributed by atoms with Crippen molar-refractivity contribution in [2.24, 2.45) is 0 Å². The van der Waals surface area contributed by atoms with Gasteiger partial charge in [0, 0.05) is 25.7 Å². The van der Waals surface area contributed by atoms with Crippen molar-refractivity contribution in [1.29, 1.82) is 0 Å². The summed E-state index contributed by atoms with van der Waals surface area (Å²) in [5, 5.41) is 10.2. The first kappa shape index (κ1) is 56.7. The van der Waals surface area contributed by atoms with Gasteiger partial charge in [-0.2, -0.15) is 0 Å². The molecule has 11 nitrogen and oxygen atoms in total. The van der Waals surface area contributed by atoms with Crippen molar-refractivity contribution >= 4 is 19.8 Å². The molecule has 352 valence electrons. The van der Waals surface area contributed by atoms with E-state index in [2.05, 4.69) is 64.2 Å². The Labute approximate surface area is 375 Å².